The van der Waals surface area contributed by atoms with Crippen LogP contribution in [0.1, 0.15) is 17.4 Å². The van der Waals surface area contributed by atoms with E-state index in [1.807, 2.05) is 29.7 Å². The van der Waals surface area contributed by atoms with Gasteiger partial charge in [0.25, 0.3) is 0 Å². The summed E-state index contributed by atoms with van der Waals surface area (Å²) in [6, 6.07) is 8.67. The lowest BCUT2D eigenvalue weighted by Gasteiger charge is -2.12. The van der Waals surface area contributed by atoms with Crippen molar-refractivity contribution in [2.75, 3.05) is 7.11 Å². The fourth-order valence-electron chi connectivity index (χ4n) is 1.73. The Balaban J connectivity index is 1.79. The van der Waals surface area contributed by atoms with Gasteiger partial charge >= 0.3 is 0 Å². The molecule has 0 fully saturated rings. The van der Waals surface area contributed by atoms with Crippen LogP contribution in [-0.2, 0) is 13.0 Å². The Morgan fingerprint density at radius 1 is 1.39 bits per heavy atom. The topological polar surface area (TPSA) is 34.1 Å². The van der Waals surface area contributed by atoms with E-state index in [0.29, 0.717) is 11.9 Å². The number of aromatic nitrogens is 1. The molecule has 4 heteroatoms. The van der Waals surface area contributed by atoms with Crippen molar-refractivity contribution in [2.45, 2.75) is 25.9 Å². The van der Waals surface area contributed by atoms with Gasteiger partial charge in [-0.05, 0) is 30.4 Å². The molecule has 0 saturated heterocycles. The molecular weight excluding hydrogens is 244 g/mol. The number of nitrogens with zero attached hydrogens (tertiary/aromatic N) is 1. The monoisotopic (exact) mass is 262 g/mol. The highest BCUT2D eigenvalue weighted by molar-refractivity contribution is 7.09. The van der Waals surface area contributed by atoms with Crippen molar-refractivity contribution < 1.29 is 4.74 Å². The molecule has 2 heterocycles. The zero-order valence-electron chi connectivity index (χ0n) is 10.7. The fourth-order valence-corrected chi connectivity index (χ4v) is 2.57. The summed E-state index contributed by atoms with van der Waals surface area (Å²) in [5, 5.41) is 5.62. The molecule has 0 aromatic carbocycles. The van der Waals surface area contributed by atoms with Crippen LogP contribution in [0.2, 0.25) is 0 Å². The van der Waals surface area contributed by atoms with Crippen LogP contribution in [0, 0.1) is 0 Å². The van der Waals surface area contributed by atoms with Crippen molar-refractivity contribution in [1.29, 1.82) is 0 Å². The summed E-state index contributed by atoms with van der Waals surface area (Å²) in [6.45, 7) is 3.04. The van der Waals surface area contributed by atoms with E-state index in [9.17, 15) is 0 Å². The van der Waals surface area contributed by atoms with E-state index in [-0.39, 0.29) is 0 Å². The minimum absolute atomic E-state index is 0.464. The quantitative estimate of drug-likeness (QED) is 0.869. The van der Waals surface area contributed by atoms with Gasteiger partial charge in [0.2, 0.25) is 5.88 Å². The van der Waals surface area contributed by atoms with Crippen LogP contribution >= 0.6 is 11.3 Å². The maximum Gasteiger partial charge on any atom is 0.212 e. The van der Waals surface area contributed by atoms with Crippen LogP contribution in [-0.4, -0.2) is 18.1 Å². The van der Waals surface area contributed by atoms with E-state index >= 15 is 0 Å². The zero-order valence-corrected chi connectivity index (χ0v) is 11.5. The molecule has 1 N–H and O–H groups in total. The van der Waals surface area contributed by atoms with E-state index in [1.54, 1.807) is 7.11 Å². The summed E-state index contributed by atoms with van der Waals surface area (Å²) in [5.74, 6) is 0.658. The molecule has 0 spiro atoms. The van der Waals surface area contributed by atoms with E-state index < -0.39 is 0 Å². The highest BCUT2D eigenvalue weighted by Gasteiger charge is 2.04. The Morgan fingerprint density at radius 3 is 2.89 bits per heavy atom. The normalized spacial score (nSPS) is 12.3. The van der Waals surface area contributed by atoms with Crippen molar-refractivity contribution >= 4 is 11.3 Å². The van der Waals surface area contributed by atoms with Gasteiger partial charge in [0.1, 0.15) is 0 Å². The van der Waals surface area contributed by atoms with Crippen LogP contribution in [0.5, 0.6) is 5.88 Å². The number of rotatable bonds is 6. The first kappa shape index (κ1) is 13.1. The largest absolute Gasteiger partial charge is 0.481 e. The van der Waals surface area contributed by atoms with Gasteiger partial charge in [0.05, 0.1) is 7.11 Å². The molecule has 0 saturated carbocycles. The number of hydrogen-bond donors (Lipinski definition) is 1. The molecule has 0 bridgehead atoms. The van der Waals surface area contributed by atoms with Crippen molar-refractivity contribution in [2.24, 2.45) is 0 Å². The Bertz CT molecular complexity index is 453. The third kappa shape index (κ3) is 3.82. The van der Waals surface area contributed by atoms with Crippen LogP contribution in [0.4, 0.5) is 0 Å². The molecule has 1 atom stereocenters. The highest BCUT2D eigenvalue weighted by Crippen LogP contribution is 2.11. The molecule has 2 aromatic rings. The van der Waals surface area contributed by atoms with E-state index in [2.05, 4.69) is 34.7 Å². The van der Waals surface area contributed by atoms with Gasteiger partial charge in [-0.1, -0.05) is 12.1 Å². The molecule has 1 unspecified atom stereocenters. The number of pyridine rings is 1. The second-order valence-electron chi connectivity index (χ2n) is 4.27. The molecule has 0 aliphatic heterocycles. The maximum atomic E-state index is 5.03. The number of ether oxygens (including phenoxy) is 1. The summed E-state index contributed by atoms with van der Waals surface area (Å²) >= 11 is 1.81. The summed E-state index contributed by atoms with van der Waals surface area (Å²) in [6.07, 6.45) is 2.92. The van der Waals surface area contributed by atoms with Gasteiger partial charge in [-0.3, -0.25) is 0 Å². The van der Waals surface area contributed by atoms with Gasteiger partial charge in [0, 0.05) is 29.7 Å². The van der Waals surface area contributed by atoms with E-state index in [4.69, 9.17) is 4.74 Å². The minimum Gasteiger partial charge on any atom is -0.481 e. The third-order valence-corrected chi connectivity index (χ3v) is 3.65. The highest BCUT2D eigenvalue weighted by atomic mass is 32.1. The first-order valence-electron chi connectivity index (χ1n) is 6.02. The van der Waals surface area contributed by atoms with Gasteiger partial charge in [-0.25, -0.2) is 4.98 Å². The van der Waals surface area contributed by atoms with Gasteiger partial charge in [-0.2, -0.15) is 0 Å². The molecule has 96 valence electrons. The lowest BCUT2D eigenvalue weighted by atomic mass is 10.2. The number of methoxy groups -OCH3 is 1. The summed E-state index contributed by atoms with van der Waals surface area (Å²) in [7, 11) is 1.63. The Labute approximate surface area is 112 Å². The summed E-state index contributed by atoms with van der Waals surface area (Å²) < 4.78 is 5.03. The maximum absolute atomic E-state index is 5.03. The molecule has 18 heavy (non-hydrogen) atoms. The Hall–Kier alpha value is -1.39. The third-order valence-electron chi connectivity index (χ3n) is 2.75. The average molecular weight is 262 g/mol. The standard InChI is InChI=1S/C14H18N2OS/c1-11(8-13-4-3-7-18-13)15-9-12-5-6-14(17-2)16-10-12/h3-7,10-11,15H,8-9H2,1-2H3. The van der Waals surface area contributed by atoms with Crippen molar-refractivity contribution in [3.63, 3.8) is 0 Å². The van der Waals surface area contributed by atoms with Crippen LogP contribution in [0.15, 0.2) is 35.8 Å². The van der Waals surface area contributed by atoms with Crippen molar-refractivity contribution in [3.8, 4) is 5.88 Å². The number of nitrogens with one attached hydrogen (secondary N) is 1. The van der Waals surface area contributed by atoms with Crippen LogP contribution < -0.4 is 10.1 Å². The lowest BCUT2D eigenvalue weighted by molar-refractivity contribution is 0.397. The molecular formula is C14H18N2OS. The first-order valence-corrected chi connectivity index (χ1v) is 6.90. The minimum atomic E-state index is 0.464. The molecule has 3 nitrogen and oxygen atoms in total. The van der Waals surface area contributed by atoms with Crippen LogP contribution in [0.3, 0.4) is 0 Å². The second-order valence-corrected chi connectivity index (χ2v) is 5.31. The molecule has 0 aliphatic carbocycles. The zero-order chi connectivity index (χ0) is 12.8. The van der Waals surface area contributed by atoms with Gasteiger partial charge in [-0.15, -0.1) is 11.3 Å². The predicted octanol–water partition coefficient (Wildman–Crippen LogP) is 2.87. The fraction of sp³-hybridized carbons (Fsp3) is 0.357. The van der Waals surface area contributed by atoms with Crippen LogP contribution in [0.25, 0.3) is 0 Å². The SMILES string of the molecule is COc1ccc(CNC(C)Cc2cccs2)cn1. The van der Waals surface area contributed by atoms with Gasteiger partial charge < -0.3 is 10.1 Å². The van der Waals surface area contributed by atoms with E-state index in [1.165, 1.54) is 10.4 Å². The second kappa shape index (κ2) is 6.52. The smallest absolute Gasteiger partial charge is 0.212 e. The lowest BCUT2D eigenvalue weighted by Crippen LogP contribution is -2.27. The van der Waals surface area contributed by atoms with Gasteiger partial charge in [0.15, 0.2) is 0 Å². The Morgan fingerprint density at radius 2 is 2.28 bits per heavy atom. The van der Waals surface area contributed by atoms with Crippen molar-refractivity contribution in [1.82, 2.24) is 10.3 Å². The predicted molar refractivity (Wildman–Crippen MR) is 75.1 cm³/mol. The number of thiophene rings is 1. The van der Waals surface area contributed by atoms with Crippen molar-refractivity contribution in [3.05, 3.63) is 46.3 Å². The molecule has 0 amide bonds. The summed E-state index contributed by atoms with van der Waals surface area (Å²) in [5.41, 5.74) is 1.17. The number of hydrogen-bond acceptors (Lipinski definition) is 4. The first-order chi connectivity index (χ1) is 8.78. The molecule has 2 rings (SSSR count). The molecule has 2 aromatic heterocycles. The Kier molecular flexibility index (Phi) is 4.73. The van der Waals surface area contributed by atoms with E-state index in [0.717, 1.165) is 13.0 Å². The molecule has 0 radical (unpaired) electrons. The summed E-state index contributed by atoms with van der Waals surface area (Å²) in [4.78, 5) is 5.61. The molecule has 0 aliphatic rings. The average Bonchev–Trinajstić information content (AvgIpc) is 2.90.